The second-order valence-electron chi connectivity index (χ2n) is 15.8. The molecule has 12 aromatic rings. The van der Waals surface area contributed by atoms with E-state index < -0.39 is 0 Å². The Bertz CT molecular complexity index is 3530. The second kappa shape index (κ2) is 12.5. The van der Waals surface area contributed by atoms with Gasteiger partial charge in [-0.05, 0) is 140 Å². The van der Waals surface area contributed by atoms with Crippen LogP contribution in [0.1, 0.15) is 11.1 Å². The third kappa shape index (κ3) is 4.92. The van der Waals surface area contributed by atoms with Crippen LogP contribution in [0.15, 0.2) is 192 Å². The monoisotopic (exact) mass is 739 g/mol. The first kappa shape index (κ1) is 32.8. The Kier molecular flexibility index (Phi) is 7.09. The van der Waals surface area contributed by atoms with Crippen LogP contribution >= 0.6 is 0 Å². The van der Waals surface area contributed by atoms with E-state index in [1.54, 1.807) is 0 Å². The first-order valence-electron chi connectivity index (χ1n) is 20.1. The van der Waals surface area contributed by atoms with Gasteiger partial charge < -0.3 is 9.32 Å². The smallest absolute Gasteiger partial charge is 0.136 e. The average molecular weight is 740 g/mol. The zero-order valence-electron chi connectivity index (χ0n) is 32.3. The van der Waals surface area contributed by atoms with E-state index in [1.165, 1.54) is 92.6 Å². The summed E-state index contributed by atoms with van der Waals surface area (Å²) < 4.78 is 6.72. The predicted molar refractivity (Wildman–Crippen MR) is 248 cm³/mol. The Morgan fingerprint density at radius 3 is 1.34 bits per heavy atom. The third-order valence-corrected chi connectivity index (χ3v) is 12.3. The van der Waals surface area contributed by atoms with Crippen molar-refractivity contribution in [2.45, 2.75) is 13.8 Å². The quantitative estimate of drug-likeness (QED) is 0.132. The van der Waals surface area contributed by atoms with Crippen molar-refractivity contribution in [3.05, 3.63) is 199 Å². The fourth-order valence-corrected chi connectivity index (χ4v) is 9.51. The minimum atomic E-state index is 0.892. The molecule has 1 heterocycles. The Hall–Kier alpha value is -7.42. The molecule has 0 aliphatic rings. The first-order valence-corrected chi connectivity index (χ1v) is 20.1. The van der Waals surface area contributed by atoms with Crippen LogP contribution in [0.2, 0.25) is 0 Å². The summed E-state index contributed by atoms with van der Waals surface area (Å²) in [6.07, 6.45) is 0. The van der Waals surface area contributed by atoms with Crippen LogP contribution in [-0.2, 0) is 0 Å². The van der Waals surface area contributed by atoms with E-state index in [0.29, 0.717) is 0 Å². The molecule has 0 fully saturated rings. The Morgan fingerprint density at radius 1 is 0.328 bits per heavy atom. The van der Waals surface area contributed by atoms with Crippen LogP contribution < -0.4 is 4.90 Å². The number of furan rings is 1. The van der Waals surface area contributed by atoms with E-state index in [2.05, 4.69) is 207 Å². The molecular weight excluding hydrogens is 703 g/mol. The fraction of sp³-hybridized carbons (Fsp3) is 0.0357. The van der Waals surface area contributed by atoms with Crippen LogP contribution in [0.25, 0.3) is 97.7 Å². The number of benzene rings is 11. The number of rotatable bonds is 4. The van der Waals surface area contributed by atoms with Gasteiger partial charge in [0, 0.05) is 32.9 Å². The van der Waals surface area contributed by atoms with Crippen molar-refractivity contribution in [3.63, 3.8) is 0 Å². The highest BCUT2D eigenvalue weighted by Crippen LogP contribution is 2.49. The zero-order chi connectivity index (χ0) is 38.5. The molecule has 0 aliphatic heterocycles. The highest BCUT2D eigenvalue weighted by atomic mass is 16.3. The molecule has 0 saturated carbocycles. The van der Waals surface area contributed by atoms with Gasteiger partial charge in [-0.3, -0.25) is 0 Å². The van der Waals surface area contributed by atoms with Crippen LogP contribution in [0.4, 0.5) is 17.1 Å². The van der Waals surface area contributed by atoms with Crippen LogP contribution in [0.5, 0.6) is 0 Å². The van der Waals surface area contributed by atoms with Crippen molar-refractivity contribution in [3.8, 4) is 11.1 Å². The van der Waals surface area contributed by atoms with Crippen LogP contribution in [-0.4, -0.2) is 0 Å². The maximum atomic E-state index is 6.72. The van der Waals surface area contributed by atoms with Gasteiger partial charge in [-0.25, -0.2) is 0 Å². The summed E-state index contributed by atoms with van der Waals surface area (Å²) in [5.41, 5.74) is 10.1. The first-order chi connectivity index (χ1) is 28.6. The van der Waals surface area contributed by atoms with Crippen molar-refractivity contribution < 1.29 is 4.42 Å². The molecule has 58 heavy (non-hydrogen) atoms. The molecule has 0 N–H and O–H groups in total. The van der Waals surface area contributed by atoms with Crippen molar-refractivity contribution in [1.29, 1.82) is 0 Å². The van der Waals surface area contributed by atoms with Gasteiger partial charge in [0.05, 0.1) is 5.69 Å². The molecule has 12 rings (SSSR count). The van der Waals surface area contributed by atoms with E-state index >= 15 is 0 Å². The fourth-order valence-electron chi connectivity index (χ4n) is 9.51. The number of fused-ring (bicyclic) bond motifs is 12. The molecule has 0 radical (unpaired) electrons. The third-order valence-electron chi connectivity index (χ3n) is 12.3. The second-order valence-corrected chi connectivity index (χ2v) is 15.8. The number of anilines is 3. The minimum absolute atomic E-state index is 0.892. The van der Waals surface area contributed by atoms with Gasteiger partial charge in [0.2, 0.25) is 0 Å². The summed E-state index contributed by atoms with van der Waals surface area (Å²) in [6.45, 7) is 4.29. The Morgan fingerprint density at radius 2 is 0.776 bits per heavy atom. The molecular formula is C56H37NO. The van der Waals surface area contributed by atoms with Crippen molar-refractivity contribution in [2.24, 2.45) is 0 Å². The standard InChI is InChI=1S/C56H37NO/c1-34-19-24-39(25-20-34)57(40-26-21-35(2)22-27-40)56-45-17-9-7-15-43(45)55(44-16-8-10-18-46(44)56)38-23-28-53-51(31-38)52-32-49-48-30-37-12-4-3-11-36(37)29-47(48)41-13-5-6-14-42(41)50(49)33-54(52)58-53/h3-33H,1-2H3. The van der Waals surface area contributed by atoms with Crippen molar-refractivity contribution in [2.75, 3.05) is 4.90 Å². The molecule has 0 saturated heterocycles. The van der Waals surface area contributed by atoms with Crippen molar-refractivity contribution >= 4 is 104 Å². The molecule has 1 aromatic heterocycles. The Balaban J connectivity index is 1.14. The summed E-state index contributed by atoms with van der Waals surface area (Å²) in [4.78, 5) is 2.43. The molecule has 2 heteroatoms. The van der Waals surface area contributed by atoms with Gasteiger partial charge in [-0.2, -0.15) is 0 Å². The summed E-state index contributed by atoms with van der Waals surface area (Å²) in [6, 6.07) is 69.2. The molecule has 272 valence electrons. The molecule has 0 spiro atoms. The van der Waals surface area contributed by atoms with Gasteiger partial charge in [-0.15, -0.1) is 0 Å². The summed E-state index contributed by atoms with van der Waals surface area (Å²) in [5, 5.41) is 17.1. The lowest BCUT2D eigenvalue weighted by atomic mass is 9.89. The lowest BCUT2D eigenvalue weighted by Crippen LogP contribution is -2.11. The van der Waals surface area contributed by atoms with Crippen LogP contribution in [0.3, 0.4) is 0 Å². The van der Waals surface area contributed by atoms with Gasteiger partial charge in [-0.1, -0.05) is 139 Å². The lowest BCUT2D eigenvalue weighted by molar-refractivity contribution is 0.669. The lowest BCUT2D eigenvalue weighted by Gasteiger charge is -2.29. The highest BCUT2D eigenvalue weighted by molar-refractivity contribution is 6.30. The normalized spacial score (nSPS) is 12.0. The number of nitrogens with zero attached hydrogens (tertiary/aromatic N) is 1. The SMILES string of the molecule is Cc1ccc(N(c2ccc(C)cc2)c2c3ccccc3c(-c3ccc4oc5cc6c7ccccc7c7cc8ccccc8cc7c6cc5c4c3)c3ccccc23)cc1. The summed E-state index contributed by atoms with van der Waals surface area (Å²) >= 11 is 0. The van der Waals surface area contributed by atoms with Gasteiger partial charge >= 0.3 is 0 Å². The zero-order valence-corrected chi connectivity index (χ0v) is 32.3. The summed E-state index contributed by atoms with van der Waals surface area (Å²) in [7, 11) is 0. The predicted octanol–water partition coefficient (Wildman–Crippen LogP) is 16.3. The largest absolute Gasteiger partial charge is 0.456 e. The summed E-state index contributed by atoms with van der Waals surface area (Å²) in [5.74, 6) is 0. The maximum absolute atomic E-state index is 6.72. The molecule has 0 amide bonds. The van der Waals surface area contributed by atoms with E-state index in [1.807, 2.05) is 0 Å². The van der Waals surface area contributed by atoms with E-state index in [-0.39, 0.29) is 0 Å². The Labute approximate surface area is 335 Å². The molecule has 0 aliphatic carbocycles. The molecule has 2 nitrogen and oxygen atoms in total. The number of hydrogen-bond acceptors (Lipinski definition) is 2. The van der Waals surface area contributed by atoms with Gasteiger partial charge in [0.1, 0.15) is 11.2 Å². The number of aryl methyl sites for hydroxylation is 2. The molecule has 0 unspecified atom stereocenters. The molecule has 0 bridgehead atoms. The highest BCUT2D eigenvalue weighted by Gasteiger charge is 2.23. The van der Waals surface area contributed by atoms with Gasteiger partial charge in [0.25, 0.3) is 0 Å². The van der Waals surface area contributed by atoms with Gasteiger partial charge in [0.15, 0.2) is 0 Å². The van der Waals surface area contributed by atoms with Crippen molar-refractivity contribution in [1.82, 2.24) is 0 Å². The van der Waals surface area contributed by atoms with Crippen LogP contribution in [0, 0.1) is 13.8 Å². The number of hydrogen-bond donors (Lipinski definition) is 0. The van der Waals surface area contributed by atoms with E-state index in [4.69, 9.17) is 4.42 Å². The van der Waals surface area contributed by atoms with E-state index in [9.17, 15) is 0 Å². The average Bonchev–Trinajstić information content (AvgIpc) is 3.63. The minimum Gasteiger partial charge on any atom is -0.456 e. The topological polar surface area (TPSA) is 16.4 Å². The molecule has 0 atom stereocenters. The maximum Gasteiger partial charge on any atom is 0.136 e. The molecule has 11 aromatic carbocycles. The van der Waals surface area contributed by atoms with E-state index in [0.717, 1.165) is 33.3 Å².